The fourth-order valence-electron chi connectivity index (χ4n) is 4.04. The molecule has 0 unspecified atom stereocenters. The number of hydrogen-bond acceptors (Lipinski definition) is 4. The molecule has 0 bridgehead atoms. The van der Waals surface area contributed by atoms with E-state index in [2.05, 4.69) is 5.10 Å². The lowest BCUT2D eigenvalue weighted by atomic mass is 9.82. The first-order valence-corrected chi connectivity index (χ1v) is 9.34. The van der Waals surface area contributed by atoms with Crippen molar-refractivity contribution >= 4 is 5.91 Å². The Kier molecular flexibility index (Phi) is 4.78. The molecular formula is C20H25N3O3. The minimum Gasteiger partial charge on any atom is -0.390 e. The lowest BCUT2D eigenvalue weighted by Crippen LogP contribution is -2.56. The zero-order valence-electron chi connectivity index (χ0n) is 14.9. The molecule has 0 saturated carbocycles. The van der Waals surface area contributed by atoms with Crippen molar-refractivity contribution in [3.8, 4) is 0 Å². The Bertz CT molecular complexity index is 751. The second-order valence-electron chi connectivity index (χ2n) is 7.27. The second kappa shape index (κ2) is 7.21. The van der Waals surface area contributed by atoms with E-state index in [-0.39, 0.29) is 5.91 Å². The van der Waals surface area contributed by atoms with Gasteiger partial charge >= 0.3 is 0 Å². The topological polar surface area (TPSA) is 67.6 Å². The molecule has 0 aliphatic carbocycles. The summed E-state index contributed by atoms with van der Waals surface area (Å²) in [7, 11) is 0. The zero-order valence-corrected chi connectivity index (χ0v) is 14.9. The van der Waals surface area contributed by atoms with Crippen LogP contribution in [-0.2, 0) is 11.3 Å². The van der Waals surface area contributed by atoms with Gasteiger partial charge in [0.15, 0.2) is 0 Å². The molecule has 0 radical (unpaired) electrons. The minimum atomic E-state index is -0.447. The van der Waals surface area contributed by atoms with E-state index in [1.54, 1.807) is 6.20 Å². The molecule has 1 amide bonds. The van der Waals surface area contributed by atoms with Crippen molar-refractivity contribution in [3.63, 3.8) is 0 Å². The molecular weight excluding hydrogens is 330 g/mol. The quantitative estimate of drug-likeness (QED) is 0.915. The Morgan fingerprint density at radius 1 is 1.31 bits per heavy atom. The Labute approximate surface area is 153 Å². The minimum absolute atomic E-state index is 0.0486. The Balaban J connectivity index is 1.42. The van der Waals surface area contributed by atoms with Gasteiger partial charge in [-0.25, -0.2) is 0 Å². The molecule has 1 spiro atoms. The number of likely N-dealkylation sites (tertiary alicyclic amines) is 1. The zero-order chi connectivity index (χ0) is 18.0. The third-order valence-electron chi connectivity index (χ3n) is 5.59. The van der Waals surface area contributed by atoms with Gasteiger partial charge in [-0.2, -0.15) is 5.10 Å². The molecule has 2 saturated heterocycles. The maximum absolute atomic E-state index is 12.9. The third kappa shape index (κ3) is 3.39. The average molecular weight is 355 g/mol. The van der Waals surface area contributed by atoms with Crippen LogP contribution in [-0.4, -0.2) is 57.1 Å². The number of amides is 1. The summed E-state index contributed by atoms with van der Waals surface area (Å²) in [6.45, 7) is 2.61. The van der Waals surface area contributed by atoms with Gasteiger partial charge in [-0.15, -0.1) is 0 Å². The molecule has 2 fully saturated rings. The van der Waals surface area contributed by atoms with Gasteiger partial charge in [-0.05, 0) is 49.4 Å². The number of aromatic nitrogens is 2. The molecule has 2 aromatic rings. The van der Waals surface area contributed by atoms with E-state index in [4.69, 9.17) is 4.74 Å². The van der Waals surface area contributed by atoms with Crippen LogP contribution in [0, 0.1) is 0 Å². The van der Waals surface area contributed by atoms with Crippen molar-refractivity contribution in [1.29, 1.82) is 0 Å². The maximum atomic E-state index is 12.9. The van der Waals surface area contributed by atoms with Crippen LogP contribution in [0.15, 0.2) is 42.7 Å². The highest BCUT2D eigenvalue weighted by atomic mass is 16.5. The smallest absolute Gasteiger partial charge is 0.253 e. The lowest BCUT2D eigenvalue weighted by Gasteiger charge is -2.46. The Morgan fingerprint density at radius 2 is 2.15 bits per heavy atom. The van der Waals surface area contributed by atoms with Gasteiger partial charge in [0.25, 0.3) is 5.91 Å². The number of aliphatic hydroxyl groups excluding tert-OH is 1. The van der Waals surface area contributed by atoms with Crippen molar-refractivity contribution in [1.82, 2.24) is 14.7 Å². The van der Waals surface area contributed by atoms with Crippen molar-refractivity contribution in [2.24, 2.45) is 0 Å². The number of benzene rings is 1. The van der Waals surface area contributed by atoms with Crippen LogP contribution >= 0.6 is 0 Å². The predicted octanol–water partition coefficient (Wildman–Crippen LogP) is 2.08. The summed E-state index contributed by atoms with van der Waals surface area (Å²) in [4.78, 5) is 14.8. The van der Waals surface area contributed by atoms with Crippen LogP contribution in [0.25, 0.3) is 0 Å². The SMILES string of the molecule is O=C(c1cccc(Cn2cccn2)c1)N1CCC2(CC1)OCCC[C@H]2O. The molecule has 6 nitrogen and oxygen atoms in total. The standard InChI is InChI=1S/C20H25N3O3/c24-18-6-2-13-26-20(18)7-11-22(12-8-20)19(25)17-5-1-4-16(14-17)15-23-10-3-9-21-23/h1,3-5,9-10,14,18,24H,2,6-8,11-13,15H2/t18-/m1/s1. The summed E-state index contributed by atoms with van der Waals surface area (Å²) in [6.07, 6.45) is 6.36. The molecule has 2 aliphatic heterocycles. The van der Waals surface area contributed by atoms with Gasteiger partial charge in [0.2, 0.25) is 0 Å². The van der Waals surface area contributed by atoms with E-state index in [0.29, 0.717) is 44.6 Å². The molecule has 4 rings (SSSR count). The van der Waals surface area contributed by atoms with Gasteiger partial charge in [0, 0.05) is 37.7 Å². The molecule has 3 heterocycles. The first-order chi connectivity index (χ1) is 12.7. The molecule has 1 aromatic heterocycles. The number of ether oxygens (including phenoxy) is 1. The van der Waals surface area contributed by atoms with E-state index in [9.17, 15) is 9.90 Å². The van der Waals surface area contributed by atoms with Gasteiger partial charge < -0.3 is 14.7 Å². The van der Waals surface area contributed by atoms with Gasteiger partial charge in [0.1, 0.15) is 0 Å². The number of carbonyl (C=O) groups is 1. The predicted molar refractivity (Wildman–Crippen MR) is 96.8 cm³/mol. The van der Waals surface area contributed by atoms with Gasteiger partial charge in [0.05, 0.1) is 18.2 Å². The highest BCUT2D eigenvalue weighted by Crippen LogP contribution is 2.35. The largest absolute Gasteiger partial charge is 0.390 e. The van der Waals surface area contributed by atoms with Crippen LogP contribution in [0.3, 0.4) is 0 Å². The highest BCUT2D eigenvalue weighted by Gasteiger charge is 2.44. The van der Waals surface area contributed by atoms with Crippen LogP contribution in [0.4, 0.5) is 0 Å². The number of rotatable bonds is 3. The average Bonchev–Trinajstić information content (AvgIpc) is 3.18. The summed E-state index contributed by atoms with van der Waals surface area (Å²) >= 11 is 0. The molecule has 1 N–H and O–H groups in total. The molecule has 1 aromatic carbocycles. The molecule has 6 heteroatoms. The summed E-state index contributed by atoms with van der Waals surface area (Å²) < 4.78 is 7.78. The molecule has 138 valence electrons. The summed E-state index contributed by atoms with van der Waals surface area (Å²) in [5, 5.41) is 14.6. The van der Waals surface area contributed by atoms with Crippen molar-refractivity contribution < 1.29 is 14.6 Å². The van der Waals surface area contributed by atoms with Crippen LogP contribution in [0.1, 0.15) is 41.6 Å². The van der Waals surface area contributed by atoms with E-state index >= 15 is 0 Å². The number of piperidine rings is 1. The Morgan fingerprint density at radius 3 is 2.88 bits per heavy atom. The van der Waals surface area contributed by atoms with Gasteiger partial charge in [-0.3, -0.25) is 9.48 Å². The fraction of sp³-hybridized carbons (Fsp3) is 0.500. The summed E-state index contributed by atoms with van der Waals surface area (Å²) in [6, 6.07) is 9.63. The summed E-state index contributed by atoms with van der Waals surface area (Å²) in [5.41, 5.74) is 1.31. The number of carbonyl (C=O) groups excluding carboxylic acids is 1. The van der Waals surface area contributed by atoms with Crippen LogP contribution in [0.2, 0.25) is 0 Å². The first kappa shape index (κ1) is 17.2. The number of hydrogen-bond donors (Lipinski definition) is 1. The number of nitrogens with zero attached hydrogens (tertiary/aromatic N) is 3. The molecule has 1 atom stereocenters. The van der Waals surface area contributed by atoms with Gasteiger partial charge in [-0.1, -0.05) is 12.1 Å². The fourth-order valence-corrected chi connectivity index (χ4v) is 4.04. The summed E-state index contributed by atoms with van der Waals surface area (Å²) in [5.74, 6) is 0.0486. The molecule has 2 aliphatic rings. The molecule has 26 heavy (non-hydrogen) atoms. The number of aliphatic hydroxyl groups is 1. The monoisotopic (exact) mass is 355 g/mol. The van der Waals surface area contributed by atoms with E-state index in [0.717, 1.165) is 18.4 Å². The van der Waals surface area contributed by atoms with Crippen molar-refractivity contribution in [2.45, 2.75) is 43.9 Å². The third-order valence-corrected chi connectivity index (χ3v) is 5.59. The second-order valence-corrected chi connectivity index (χ2v) is 7.27. The van der Waals surface area contributed by atoms with E-state index in [1.807, 2.05) is 46.1 Å². The first-order valence-electron chi connectivity index (χ1n) is 9.34. The highest BCUT2D eigenvalue weighted by molar-refractivity contribution is 5.94. The lowest BCUT2D eigenvalue weighted by molar-refractivity contribution is -0.174. The van der Waals surface area contributed by atoms with Crippen LogP contribution in [0.5, 0.6) is 0 Å². The van der Waals surface area contributed by atoms with E-state index in [1.165, 1.54) is 0 Å². The Hall–Kier alpha value is -2.18. The van der Waals surface area contributed by atoms with Crippen molar-refractivity contribution in [3.05, 3.63) is 53.9 Å². The van der Waals surface area contributed by atoms with Crippen molar-refractivity contribution in [2.75, 3.05) is 19.7 Å². The van der Waals surface area contributed by atoms with E-state index < -0.39 is 11.7 Å². The maximum Gasteiger partial charge on any atom is 0.253 e. The normalized spacial score (nSPS) is 22.5. The van der Waals surface area contributed by atoms with Crippen LogP contribution < -0.4 is 0 Å².